The van der Waals surface area contributed by atoms with Crippen LogP contribution in [0.15, 0.2) is 78.9 Å². The summed E-state index contributed by atoms with van der Waals surface area (Å²) in [6, 6.07) is 24.3. The second-order valence-electron chi connectivity index (χ2n) is 8.66. The molecule has 2 amide bonds. The monoisotopic (exact) mass is 499 g/mol. The van der Waals surface area contributed by atoms with Crippen molar-refractivity contribution >= 4 is 46.1 Å². The number of fused-ring (bicyclic) bond motifs is 2. The molecule has 9 heteroatoms. The number of hydrogen-bond acceptors (Lipinski definition) is 6. The van der Waals surface area contributed by atoms with Gasteiger partial charge in [0.25, 0.3) is 5.91 Å². The molecular weight excluding hydrogens is 478 g/mol. The predicted molar refractivity (Wildman–Crippen MR) is 137 cm³/mol. The van der Waals surface area contributed by atoms with Crippen molar-refractivity contribution in [2.24, 2.45) is 0 Å². The summed E-state index contributed by atoms with van der Waals surface area (Å²) in [6.45, 7) is 2.43. The zero-order valence-corrected chi connectivity index (χ0v) is 20.0. The van der Waals surface area contributed by atoms with Gasteiger partial charge in [-0.2, -0.15) is 0 Å². The Labute approximate surface area is 212 Å². The SMILES string of the molecule is O=C(OC1c2ccccc2C(=O)N1c1ccc2ccc(Cl)nc2n1)N1CCN(c2ccccc2)CC1. The fourth-order valence-electron chi connectivity index (χ4n) is 4.68. The topological polar surface area (TPSA) is 78.9 Å². The van der Waals surface area contributed by atoms with Crippen molar-refractivity contribution in [1.82, 2.24) is 14.9 Å². The molecular formula is C27H22ClN5O3. The van der Waals surface area contributed by atoms with Crippen molar-refractivity contribution in [3.05, 3.63) is 95.1 Å². The van der Waals surface area contributed by atoms with Gasteiger partial charge in [0, 0.05) is 48.4 Å². The first-order valence-electron chi connectivity index (χ1n) is 11.7. The van der Waals surface area contributed by atoms with Gasteiger partial charge in [-0.05, 0) is 42.5 Å². The number of halogens is 1. The minimum Gasteiger partial charge on any atom is -0.420 e. The highest BCUT2D eigenvalue weighted by Gasteiger charge is 2.42. The molecule has 0 aliphatic carbocycles. The Morgan fingerprint density at radius 2 is 1.58 bits per heavy atom. The number of ether oxygens (including phenoxy) is 1. The minimum atomic E-state index is -0.933. The molecule has 36 heavy (non-hydrogen) atoms. The number of amides is 2. The molecule has 180 valence electrons. The molecule has 8 nitrogen and oxygen atoms in total. The number of para-hydroxylation sites is 1. The fraction of sp³-hybridized carbons (Fsp3) is 0.185. The average Bonchev–Trinajstić information content (AvgIpc) is 3.20. The van der Waals surface area contributed by atoms with E-state index < -0.39 is 12.3 Å². The van der Waals surface area contributed by atoms with Crippen LogP contribution in [0.25, 0.3) is 11.0 Å². The highest BCUT2D eigenvalue weighted by molar-refractivity contribution is 6.29. The zero-order chi connectivity index (χ0) is 24.6. The number of aromatic nitrogens is 2. The Balaban J connectivity index is 1.26. The second kappa shape index (κ2) is 9.13. The van der Waals surface area contributed by atoms with E-state index in [2.05, 4.69) is 27.0 Å². The van der Waals surface area contributed by atoms with Gasteiger partial charge in [0.05, 0.1) is 0 Å². The number of carbonyl (C=O) groups excluding carboxylic acids is 2. The predicted octanol–water partition coefficient (Wildman–Crippen LogP) is 4.90. The van der Waals surface area contributed by atoms with Crippen LogP contribution in [-0.2, 0) is 4.74 Å². The summed E-state index contributed by atoms with van der Waals surface area (Å²) in [5, 5.41) is 1.10. The first kappa shape index (κ1) is 22.3. The van der Waals surface area contributed by atoms with Crippen LogP contribution < -0.4 is 9.80 Å². The van der Waals surface area contributed by atoms with Crippen molar-refractivity contribution in [2.45, 2.75) is 6.23 Å². The van der Waals surface area contributed by atoms with E-state index in [4.69, 9.17) is 16.3 Å². The molecule has 0 saturated carbocycles. The molecule has 2 aliphatic heterocycles. The number of rotatable bonds is 3. The van der Waals surface area contributed by atoms with Gasteiger partial charge in [0.15, 0.2) is 5.65 Å². The van der Waals surface area contributed by atoms with Crippen LogP contribution in [0.5, 0.6) is 0 Å². The lowest BCUT2D eigenvalue weighted by atomic mass is 10.1. The van der Waals surface area contributed by atoms with E-state index in [1.165, 1.54) is 4.90 Å². The van der Waals surface area contributed by atoms with Gasteiger partial charge in [-0.25, -0.2) is 14.8 Å². The molecule has 0 radical (unpaired) electrons. The number of pyridine rings is 2. The lowest BCUT2D eigenvalue weighted by molar-refractivity contribution is 0.0592. The maximum Gasteiger partial charge on any atom is 0.412 e. The van der Waals surface area contributed by atoms with Crippen LogP contribution in [0.1, 0.15) is 22.1 Å². The van der Waals surface area contributed by atoms with Crippen molar-refractivity contribution in [1.29, 1.82) is 0 Å². The maximum absolute atomic E-state index is 13.4. The van der Waals surface area contributed by atoms with E-state index in [-0.39, 0.29) is 5.91 Å². The molecule has 2 aromatic carbocycles. The number of nitrogens with zero attached hydrogens (tertiary/aromatic N) is 5. The van der Waals surface area contributed by atoms with Gasteiger partial charge < -0.3 is 14.5 Å². The summed E-state index contributed by atoms with van der Waals surface area (Å²) in [4.78, 5) is 40.8. The number of hydrogen-bond donors (Lipinski definition) is 0. The normalized spacial score (nSPS) is 17.4. The first-order valence-corrected chi connectivity index (χ1v) is 12.1. The van der Waals surface area contributed by atoms with E-state index in [0.29, 0.717) is 53.9 Å². The summed E-state index contributed by atoms with van der Waals surface area (Å²) in [6.07, 6.45) is -1.40. The van der Waals surface area contributed by atoms with Crippen molar-refractivity contribution in [3.8, 4) is 0 Å². The molecule has 0 N–H and O–H groups in total. The Morgan fingerprint density at radius 3 is 2.39 bits per heavy atom. The van der Waals surface area contributed by atoms with Gasteiger partial charge >= 0.3 is 6.09 Å². The summed E-state index contributed by atoms with van der Waals surface area (Å²) < 4.78 is 5.98. The van der Waals surface area contributed by atoms with Crippen LogP contribution in [0.2, 0.25) is 5.15 Å². The van der Waals surface area contributed by atoms with Crippen LogP contribution in [-0.4, -0.2) is 53.0 Å². The van der Waals surface area contributed by atoms with E-state index in [9.17, 15) is 9.59 Å². The number of piperazine rings is 1. The van der Waals surface area contributed by atoms with Gasteiger partial charge in [0.2, 0.25) is 6.23 Å². The lowest BCUT2D eigenvalue weighted by Gasteiger charge is -2.36. The fourth-order valence-corrected chi connectivity index (χ4v) is 4.82. The second-order valence-corrected chi connectivity index (χ2v) is 9.05. The zero-order valence-electron chi connectivity index (χ0n) is 19.3. The molecule has 6 rings (SSSR count). The number of carbonyl (C=O) groups is 2. The molecule has 1 atom stereocenters. The smallest absolute Gasteiger partial charge is 0.412 e. The summed E-state index contributed by atoms with van der Waals surface area (Å²) >= 11 is 6.06. The molecule has 4 heterocycles. The van der Waals surface area contributed by atoms with Gasteiger partial charge in [0.1, 0.15) is 11.0 Å². The van der Waals surface area contributed by atoms with Gasteiger partial charge in [-0.15, -0.1) is 0 Å². The third-order valence-electron chi connectivity index (χ3n) is 6.53. The molecule has 1 saturated heterocycles. The molecule has 4 aromatic rings. The highest BCUT2D eigenvalue weighted by atomic mass is 35.5. The first-order chi connectivity index (χ1) is 17.6. The summed E-state index contributed by atoms with van der Waals surface area (Å²) in [7, 11) is 0. The average molecular weight is 500 g/mol. The number of anilines is 2. The largest absolute Gasteiger partial charge is 0.420 e. The minimum absolute atomic E-state index is 0.286. The van der Waals surface area contributed by atoms with Gasteiger partial charge in [-0.1, -0.05) is 48.0 Å². The van der Waals surface area contributed by atoms with E-state index in [0.717, 1.165) is 11.1 Å². The highest BCUT2D eigenvalue weighted by Crippen LogP contribution is 2.38. The van der Waals surface area contributed by atoms with E-state index >= 15 is 0 Å². The molecule has 1 fully saturated rings. The Kier molecular flexibility index (Phi) is 5.65. The molecule has 0 spiro atoms. The van der Waals surface area contributed by atoms with E-state index in [1.54, 1.807) is 35.2 Å². The third kappa shape index (κ3) is 3.99. The molecule has 2 aliphatic rings. The maximum atomic E-state index is 13.4. The lowest BCUT2D eigenvalue weighted by Crippen LogP contribution is -2.49. The summed E-state index contributed by atoms with van der Waals surface area (Å²) in [5.74, 6) is 0.0522. The van der Waals surface area contributed by atoms with Crippen LogP contribution in [0.4, 0.5) is 16.3 Å². The van der Waals surface area contributed by atoms with Crippen LogP contribution >= 0.6 is 11.6 Å². The van der Waals surface area contributed by atoms with Crippen molar-refractivity contribution in [3.63, 3.8) is 0 Å². The van der Waals surface area contributed by atoms with Crippen LogP contribution in [0, 0.1) is 0 Å². The standard InChI is InChI=1S/C27H22ClN5O3/c28-22-12-10-18-11-13-23(30-24(18)29-22)33-25(34)20-8-4-5-9-21(20)26(33)36-27(35)32-16-14-31(15-17-32)19-6-2-1-3-7-19/h1-13,26H,14-17H2. The van der Waals surface area contributed by atoms with Gasteiger partial charge in [-0.3, -0.25) is 9.69 Å². The Morgan fingerprint density at radius 1 is 0.861 bits per heavy atom. The van der Waals surface area contributed by atoms with Crippen LogP contribution in [0.3, 0.4) is 0 Å². The Hall–Kier alpha value is -4.17. The number of benzene rings is 2. The molecule has 2 aromatic heterocycles. The summed E-state index contributed by atoms with van der Waals surface area (Å²) in [5.41, 5.74) is 2.64. The van der Waals surface area contributed by atoms with Crippen molar-refractivity contribution < 1.29 is 14.3 Å². The third-order valence-corrected chi connectivity index (χ3v) is 6.74. The quantitative estimate of drug-likeness (QED) is 0.373. The van der Waals surface area contributed by atoms with E-state index in [1.807, 2.05) is 36.4 Å². The molecule has 0 bridgehead atoms. The Bertz CT molecular complexity index is 1460. The molecule has 1 unspecified atom stereocenters. The van der Waals surface area contributed by atoms with Crippen molar-refractivity contribution in [2.75, 3.05) is 36.0 Å².